The molecule has 22 heavy (non-hydrogen) atoms. The van der Waals surface area contributed by atoms with E-state index in [0.717, 1.165) is 23.6 Å². The number of hydrogen-bond acceptors (Lipinski definition) is 5. The van der Waals surface area contributed by atoms with Gasteiger partial charge in [0.25, 0.3) is 0 Å². The fraction of sp³-hybridized carbons (Fsp3) is 0.467. The zero-order valence-electron chi connectivity index (χ0n) is 12.8. The van der Waals surface area contributed by atoms with Crippen LogP contribution < -0.4 is 0 Å². The molecule has 0 radical (unpaired) electrons. The van der Waals surface area contributed by atoms with E-state index in [1.807, 2.05) is 11.7 Å². The Morgan fingerprint density at radius 3 is 2.77 bits per heavy atom. The van der Waals surface area contributed by atoms with Crippen LogP contribution in [0.5, 0.6) is 0 Å². The molecule has 116 valence electrons. The molecule has 1 aliphatic carbocycles. The Bertz CT molecular complexity index is 650. The lowest BCUT2D eigenvalue weighted by Gasteiger charge is -2.17. The van der Waals surface area contributed by atoms with Gasteiger partial charge >= 0.3 is 0 Å². The summed E-state index contributed by atoms with van der Waals surface area (Å²) in [6, 6.07) is 8.66. The Kier molecular flexibility index (Phi) is 4.42. The number of rotatable bonds is 6. The third-order valence-electron chi connectivity index (χ3n) is 3.65. The van der Waals surface area contributed by atoms with Gasteiger partial charge in [-0.25, -0.2) is 4.68 Å². The lowest BCUT2D eigenvalue weighted by molar-refractivity contribution is -0.127. The predicted octanol–water partition coefficient (Wildman–Crippen LogP) is 2.07. The maximum atomic E-state index is 12.2. The molecule has 1 saturated carbocycles. The van der Waals surface area contributed by atoms with E-state index in [1.165, 1.54) is 17.3 Å². The van der Waals surface area contributed by atoms with Crippen LogP contribution in [0.25, 0.3) is 0 Å². The molecule has 1 fully saturated rings. The molecule has 0 bridgehead atoms. The van der Waals surface area contributed by atoms with Crippen molar-refractivity contribution in [1.29, 1.82) is 0 Å². The summed E-state index contributed by atoms with van der Waals surface area (Å²) in [6.07, 6.45) is 2.25. The minimum Gasteiger partial charge on any atom is -0.341 e. The Morgan fingerprint density at radius 2 is 2.09 bits per heavy atom. The summed E-state index contributed by atoms with van der Waals surface area (Å²) in [4.78, 5) is 14.0. The van der Waals surface area contributed by atoms with Crippen molar-refractivity contribution in [3.63, 3.8) is 0 Å². The highest BCUT2D eigenvalue weighted by Gasteiger charge is 2.28. The molecule has 7 heteroatoms. The van der Waals surface area contributed by atoms with Crippen molar-refractivity contribution in [2.24, 2.45) is 0 Å². The molecule has 6 nitrogen and oxygen atoms in total. The molecule has 0 saturated heterocycles. The summed E-state index contributed by atoms with van der Waals surface area (Å²) in [5, 5.41) is 12.4. The average molecular weight is 317 g/mol. The smallest absolute Gasteiger partial charge is 0.233 e. The van der Waals surface area contributed by atoms with Crippen LogP contribution in [0.2, 0.25) is 0 Å². The first-order valence-corrected chi connectivity index (χ1v) is 8.32. The number of nitrogens with zero attached hydrogens (tertiary/aromatic N) is 5. The summed E-state index contributed by atoms with van der Waals surface area (Å²) in [5.41, 5.74) is 2.36. The van der Waals surface area contributed by atoms with Crippen LogP contribution in [0, 0.1) is 6.92 Å². The molecule has 0 N–H and O–H groups in total. The summed E-state index contributed by atoms with van der Waals surface area (Å²) < 4.78 is 1.83. The van der Waals surface area contributed by atoms with E-state index in [4.69, 9.17) is 0 Å². The molecule has 2 aromatic rings. The third-order valence-corrected chi connectivity index (χ3v) is 4.56. The Labute approximate surface area is 133 Å². The minimum absolute atomic E-state index is 0.0796. The Hall–Kier alpha value is -1.89. The second kappa shape index (κ2) is 6.48. The van der Waals surface area contributed by atoms with Gasteiger partial charge in [0.05, 0.1) is 11.8 Å². The van der Waals surface area contributed by atoms with Gasteiger partial charge in [0.2, 0.25) is 11.1 Å². The highest BCUT2D eigenvalue weighted by molar-refractivity contribution is 7.99. The van der Waals surface area contributed by atoms with Gasteiger partial charge in [-0.15, -0.1) is 5.10 Å². The third kappa shape index (κ3) is 3.65. The number of benzene rings is 1. The topological polar surface area (TPSA) is 63.9 Å². The molecule has 1 aromatic heterocycles. The van der Waals surface area contributed by atoms with Gasteiger partial charge in [-0.1, -0.05) is 41.6 Å². The van der Waals surface area contributed by atoms with Crippen LogP contribution in [0.1, 0.15) is 30.0 Å². The number of hydrogen-bond donors (Lipinski definition) is 0. The predicted molar refractivity (Wildman–Crippen MR) is 84.5 cm³/mol. The van der Waals surface area contributed by atoms with Crippen LogP contribution in [0.4, 0.5) is 0 Å². The molecular formula is C15H19N5OS. The number of carbonyl (C=O) groups excluding carboxylic acids is 1. The first kappa shape index (κ1) is 15.0. The molecule has 1 aliphatic rings. The van der Waals surface area contributed by atoms with Gasteiger partial charge < -0.3 is 4.90 Å². The SMILES string of the molecule is Cc1ccc(CN(C)C(=O)CSc2nnnn2C2CC2)cc1. The van der Waals surface area contributed by atoms with E-state index < -0.39 is 0 Å². The number of aryl methyl sites for hydroxylation is 1. The maximum Gasteiger partial charge on any atom is 0.233 e. The first-order valence-electron chi connectivity index (χ1n) is 7.33. The number of thioether (sulfide) groups is 1. The van der Waals surface area contributed by atoms with Crippen molar-refractivity contribution in [2.75, 3.05) is 12.8 Å². The normalized spacial score (nSPS) is 14.1. The van der Waals surface area contributed by atoms with Crippen LogP contribution in [0.3, 0.4) is 0 Å². The quantitative estimate of drug-likeness (QED) is 0.763. The Morgan fingerprint density at radius 1 is 1.36 bits per heavy atom. The molecule has 3 rings (SSSR count). The highest BCUT2D eigenvalue weighted by Crippen LogP contribution is 2.36. The molecule has 0 unspecified atom stereocenters. The fourth-order valence-corrected chi connectivity index (χ4v) is 3.01. The van der Waals surface area contributed by atoms with Gasteiger partial charge in [0.15, 0.2) is 0 Å². The lowest BCUT2D eigenvalue weighted by Crippen LogP contribution is -2.27. The van der Waals surface area contributed by atoms with Crippen LogP contribution in [0.15, 0.2) is 29.4 Å². The van der Waals surface area contributed by atoms with Crippen LogP contribution >= 0.6 is 11.8 Å². The summed E-state index contributed by atoms with van der Waals surface area (Å²) in [6.45, 7) is 2.67. The van der Waals surface area contributed by atoms with Crippen molar-refractivity contribution < 1.29 is 4.79 Å². The van der Waals surface area contributed by atoms with E-state index in [0.29, 0.717) is 18.3 Å². The molecule has 0 aliphatic heterocycles. The van der Waals surface area contributed by atoms with Gasteiger partial charge in [-0.3, -0.25) is 4.79 Å². The van der Waals surface area contributed by atoms with E-state index in [9.17, 15) is 4.79 Å². The zero-order valence-corrected chi connectivity index (χ0v) is 13.6. The zero-order chi connectivity index (χ0) is 15.5. The van der Waals surface area contributed by atoms with E-state index in [2.05, 4.69) is 46.7 Å². The van der Waals surface area contributed by atoms with Gasteiger partial charge in [-0.2, -0.15) is 0 Å². The first-order chi connectivity index (χ1) is 10.6. The maximum absolute atomic E-state index is 12.2. The van der Waals surface area contributed by atoms with Gasteiger partial charge in [0.1, 0.15) is 0 Å². The summed E-state index contributed by atoms with van der Waals surface area (Å²) in [5.74, 6) is 0.436. The van der Waals surface area contributed by atoms with Gasteiger partial charge in [-0.05, 0) is 35.8 Å². The summed E-state index contributed by atoms with van der Waals surface area (Å²) in [7, 11) is 1.83. The molecule has 1 amide bonds. The van der Waals surface area contributed by atoms with E-state index in [1.54, 1.807) is 4.90 Å². The van der Waals surface area contributed by atoms with Crippen molar-refractivity contribution in [1.82, 2.24) is 25.1 Å². The lowest BCUT2D eigenvalue weighted by atomic mass is 10.1. The number of carbonyl (C=O) groups is 1. The van der Waals surface area contributed by atoms with Crippen molar-refractivity contribution in [2.45, 2.75) is 37.5 Å². The molecule has 1 aromatic carbocycles. The number of tetrazole rings is 1. The number of aromatic nitrogens is 4. The van der Waals surface area contributed by atoms with Crippen LogP contribution in [-0.4, -0.2) is 43.8 Å². The van der Waals surface area contributed by atoms with Crippen LogP contribution in [-0.2, 0) is 11.3 Å². The second-order valence-corrected chi connectivity index (χ2v) is 6.60. The van der Waals surface area contributed by atoms with E-state index in [-0.39, 0.29) is 5.91 Å². The molecule has 1 heterocycles. The molecule has 0 spiro atoms. The number of amides is 1. The van der Waals surface area contributed by atoms with Gasteiger partial charge in [0, 0.05) is 13.6 Å². The summed E-state index contributed by atoms with van der Waals surface area (Å²) >= 11 is 1.41. The molecular weight excluding hydrogens is 298 g/mol. The van der Waals surface area contributed by atoms with E-state index >= 15 is 0 Å². The fourth-order valence-electron chi connectivity index (χ4n) is 2.12. The minimum atomic E-state index is 0.0796. The average Bonchev–Trinajstić information content (AvgIpc) is 3.25. The standard InChI is InChI=1S/C15H19N5OS/c1-11-3-5-12(6-4-11)9-19(2)14(21)10-22-15-16-17-18-20(15)13-7-8-13/h3-6,13H,7-10H2,1-2H3. The van der Waals surface area contributed by atoms with Crippen molar-refractivity contribution >= 4 is 17.7 Å². The second-order valence-electron chi connectivity index (χ2n) is 5.66. The Balaban J connectivity index is 1.52. The molecule has 0 atom stereocenters. The van der Waals surface area contributed by atoms with Crippen molar-refractivity contribution in [3.8, 4) is 0 Å². The largest absolute Gasteiger partial charge is 0.341 e. The van der Waals surface area contributed by atoms with Crippen molar-refractivity contribution in [3.05, 3.63) is 35.4 Å². The monoisotopic (exact) mass is 317 g/mol. The highest BCUT2D eigenvalue weighted by atomic mass is 32.2.